The van der Waals surface area contributed by atoms with E-state index in [0.29, 0.717) is 18.3 Å². The van der Waals surface area contributed by atoms with Crippen molar-refractivity contribution in [3.63, 3.8) is 0 Å². The molecule has 1 aliphatic heterocycles. The minimum atomic E-state index is 0.0991. The Morgan fingerprint density at radius 2 is 2.04 bits per heavy atom. The van der Waals surface area contributed by atoms with Crippen LogP contribution >= 0.6 is 0 Å². The zero-order valence-corrected chi connectivity index (χ0v) is 13.5. The molecule has 6 heteroatoms. The van der Waals surface area contributed by atoms with Crippen LogP contribution in [0.15, 0.2) is 40.9 Å². The summed E-state index contributed by atoms with van der Waals surface area (Å²) in [6, 6.07) is 12.6. The molecule has 0 saturated carbocycles. The van der Waals surface area contributed by atoms with E-state index in [2.05, 4.69) is 47.4 Å². The van der Waals surface area contributed by atoms with Crippen LogP contribution in [0.3, 0.4) is 0 Å². The highest BCUT2D eigenvalue weighted by Crippen LogP contribution is 2.28. The van der Waals surface area contributed by atoms with Crippen LogP contribution in [0.5, 0.6) is 0 Å². The Morgan fingerprint density at radius 1 is 1.25 bits per heavy atom. The van der Waals surface area contributed by atoms with Gasteiger partial charge < -0.3 is 15.2 Å². The van der Waals surface area contributed by atoms with E-state index < -0.39 is 0 Å². The van der Waals surface area contributed by atoms with Crippen LogP contribution in [-0.2, 0) is 0 Å². The number of aromatic nitrogens is 2. The summed E-state index contributed by atoms with van der Waals surface area (Å²) in [4.78, 5) is 6.39. The van der Waals surface area contributed by atoms with Crippen molar-refractivity contribution in [3.05, 3.63) is 47.9 Å². The quantitative estimate of drug-likeness (QED) is 0.559. The molecule has 0 radical (unpaired) electrons. The van der Waals surface area contributed by atoms with Crippen molar-refractivity contribution >= 4 is 16.7 Å². The summed E-state index contributed by atoms with van der Waals surface area (Å²) >= 11 is 0. The number of rotatable bonds is 2. The lowest BCUT2D eigenvalue weighted by molar-refractivity contribution is 0.354. The zero-order chi connectivity index (χ0) is 16.7. The third-order valence-electron chi connectivity index (χ3n) is 4.57. The largest absolute Gasteiger partial charge is 0.370 e. The second-order valence-corrected chi connectivity index (χ2v) is 6.34. The third-order valence-corrected chi connectivity index (χ3v) is 4.57. The van der Waals surface area contributed by atoms with Gasteiger partial charge in [0.25, 0.3) is 0 Å². The Balaban J connectivity index is 1.61. The van der Waals surface area contributed by atoms with Crippen LogP contribution in [0, 0.1) is 12.3 Å². The van der Waals surface area contributed by atoms with Gasteiger partial charge in [0, 0.05) is 18.7 Å². The molecule has 0 bridgehead atoms. The van der Waals surface area contributed by atoms with E-state index in [1.165, 1.54) is 10.9 Å². The molecule has 4 rings (SSSR count). The fourth-order valence-corrected chi connectivity index (χ4v) is 3.20. The average molecular weight is 321 g/mol. The smallest absolute Gasteiger partial charge is 0.231 e. The highest BCUT2D eigenvalue weighted by molar-refractivity contribution is 5.86. The standard InChI is InChI=1S/C18H19N5O/c1-11-2-3-13-9-14(5-4-12(13)8-11)16-21-17(24-22-16)15-6-7-23(10-15)18(19)20/h2-5,8-9,15H,6-7,10H2,1H3,(H3,19,20)/t15-/m1/s1. The maximum absolute atomic E-state index is 7.51. The van der Waals surface area contributed by atoms with Crippen molar-refractivity contribution in [1.82, 2.24) is 15.0 Å². The molecule has 3 aromatic rings. The number of likely N-dealkylation sites (tertiary alicyclic amines) is 1. The maximum Gasteiger partial charge on any atom is 0.231 e. The van der Waals surface area contributed by atoms with Crippen molar-refractivity contribution < 1.29 is 4.52 Å². The minimum Gasteiger partial charge on any atom is -0.370 e. The Hall–Kier alpha value is -2.89. The summed E-state index contributed by atoms with van der Waals surface area (Å²) < 4.78 is 5.46. The zero-order valence-electron chi connectivity index (χ0n) is 13.5. The Labute approximate surface area is 139 Å². The number of nitrogens with one attached hydrogen (secondary N) is 1. The van der Waals surface area contributed by atoms with Gasteiger partial charge in [-0.05, 0) is 30.2 Å². The monoisotopic (exact) mass is 321 g/mol. The molecule has 1 saturated heterocycles. The van der Waals surface area contributed by atoms with Crippen molar-refractivity contribution in [3.8, 4) is 11.4 Å². The van der Waals surface area contributed by atoms with Gasteiger partial charge in [-0.3, -0.25) is 5.41 Å². The first kappa shape index (κ1) is 14.7. The molecule has 3 N–H and O–H groups in total. The SMILES string of the molecule is Cc1ccc2cc(-c3noc([C@@H]4CCN(C(=N)N)C4)n3)ccc2c1. The lowest BCUT2D eigenvalue weighted by atomic mass is 10.0. The van der Waals surface area contributed by atoms with E-state index >= 15 is 0 Å². The van der Waals surface area contributed by atoms with Crippen molar-refractivity contribution in [2.75, 3.05) is 13.1 Å². The first-order valence-electron chi connectivity index (χ1n) is 8.03. The molecule has 122 valence electrons. The number of hydrogen-bond acceptors (Lipinski definition) is 4. The molecule has 2 heterocycles. The van der Waals surface area contributed by atoms with E-state index in [0.717, 1.165) is 23.9 Å². The predicted molar refractivity (Wildman–Crippen MR) is 92.8 cm³/mol. The van der Waals surface area contributed by atoms with Crippen molar-refractivity contribution in [1.29, 1.82) is 5.41 Å². The number of hydrogen-bond donors (Lipinski definition) is 2. The maximum atomic E-state index is 7.51. The molecule has 6 nitrogen and oxygen atoms in total. The topological polar surface area (TPSA) is 92.0 Å². The summed E-state index contributed by atoms with van der Waals surface area (Å²) in [6.45, 7) is 3.51. The van der Waals surface area contributed by atoms with E-state index in [1.807, 2.05) is 11.0 Å². The second kappa shape index (κ2) is 5.63. The number of aryl methyl sites for hydroxylation is 1. The number of fused-ring (bicyclic) bond motifs is 1. The normalized spacial score (nSPS) is 17.5. The highest BCUT2D eigenvalue weighted by Gasteiger charge is 2.29. The number of guanidine groups is 1. The summed E-state index contributed by atoms with van der Waals surface area (Å²) in [7, 11) is 0. The molecule has 1 aromatic heterocycles. The minimum absolute atomic E-state index is 0.0991. The van der Waals surface area contributed by atoms with E-state index in [9.17, 15) is 0 Å². The molecule has 0 unspecified atom stereocenters. The van der Waals surface area contributed by atoms with Gasteiger partial charge in [0.05, 0.1) is 5.92 Å². The van der Waals surface area contributed by atoms with Crippen LogP contribution in [-0.4, -0.2) is 34.1 Å². The molecule has 0 aliphatic carbocycles. The number of nitrogens with two attached hydrogens (primary N) is 1. The first-order valence-corrected chi connectivity index (χ1v) is 8.03. The van der Waals surface area contributed by atoms with E-state index in [1.54, 1.807) is 0 Å². The van der Waals surface area contributed by atoms with Crippen molar-refractivity contribution in [2.45, 2.75) is 19.3 Å². The Kier molecular flexibility index (Phi) is 3.45. The molecule has 1 aliphatic rings. The molecule has 2 aromatic carbocycles. The van der Waals surface area contributed by atoms with Crippen LogP contribution in [0.4, 0.5) is 0 Å². The lowest BCUT2D eigenvalue weighted by Crippen LogP contribution is -2.34. The van der Waals surface area contributed by atoms with Gasteiger partial charge in [0.2, 0.25) is 11.7 Å². The fraction of sp³-hybridized carbons (Fsp3) is 0.278. The molecule has 0 spiro atoms. The van der Waals surface area contributed by atoms with E-state index in [4.69, 9.17) is 15.7 Å². The molecular formula is C18H19N5O. The first-order chi connectivity index (χ1) is 11.6. The molecular weight excluding hydrogens is 302 g/mol. The van der Waals surface area contributed by atoms with Gasteiger partial charge in [-0.15, -0.1) is 0 Å². The highest BCUT2D eigenvalue weighted by atomic mass is 16.5. The molecule has 1 atom stereocenters. The van der Waals surface area contributed by atoms with Gasteiger partial charge in [-0.2, -0.15) is 4.98 Å². The summed E-state index contributed by atoms with van der Waals surface area (Å²) in [5.41, 5.74) is 7.73. The third kappa shape index (κ3) is 2.60. The average Bonchev–Trinajstić information content (AvgIpc) is 3.23. The predicted octanol–water partition coefficient (Wildman–Crippen LogP) is 2.88. The Morgan fingerprint density at radius 3 is 2.83 bits per heavy atom. The van der Waals surface area contributed by atoms with Gasteiger partial charge in [0.1, 0.15) is 0 Å². The summed E-state index contributed by atoms with van der Waals surface area (Å²) in [5, 5.41) is 14.0. The number of nitrogens with zero attached hydrogens (tertiary/aromatic N) is 3. The Bertz CT molecular complexity index is 917. The fourth-order valence-electron chi connectivity index (χ4n) is 3.20. The van der Waals surface area contributed by atoms with Crippen LogP contribution in [0.2, 0.25) is 0 Å². The molecule has 0 amide bonds. The van der Waals surface area contributed by atoms with Gasteiger partial charge in [-0.25, -0.2) is 0 Å². The molecule has 1 fully saturated rings. The van der Waals surface area contributed by atoms with Gasteiger partial charge in [0.15, 0.2) is 5.96 Å². The second-order valence-electron chi connectivity index (χ2n) is 6.34. The lowest BCUT2D eigenvalue weighted by Gasteiger charge is -2.14. The summed E-state index contributed by atoms with van der Waals surface area (Å²) in [5.74, 6) is 1.46. The molecule has 24 heavy (non-hydrogen) atoms. The van der Waals surface area contributed by atoms with Gasteiger partial charge >= 0.3 is 0 Å². The van der Waals surface area contributed by atoms with Crippen LogP contribution in [0.1, 0.15) is 23.8 Å². The summed E-state index contributed by atoms with van der Waals surface area (Å²) in [6.07, 6.45) is 0.873. The van der Waals surface area contributed by atoms with E-state index in [-0.39, 0.29) is 11.9 Å². The van der Waals surface area contributed by atoms with Crippen LogP contribution < -0.4 is 5.73 Å². The van der Waals surface area contributed by atoms with Crippen LogP contribution in [0.25, 0.3) is 22.2 Å². The number of benzene rings is 2. The van der Waals surface area contributed by atoms with Gasteiger partial charge in [-0.1, -0.05) is 41.1 Å². The van der Waals surface area contributed by atoms with Crippen molar-refractivity contribution in [2.24, 2.45) is 5.73 Å².